The molecule has 1 aliphatic rings. The van der Waals surface area contributed by atoms with Crippen LogP contribution in [0.5, 0.6) is 0 Å². The van der Waals surface area contributed by atoms with E-state index in [0.29, 0.717) is 11.2 Å². The highest BCUT2D eigenvalue weighted by molar-refractivity contribution is 6.29. The van der Waals surface area contributed by atoms with Gasteiger partial charge < -0.3 is 4.90 Å². The van der Waals surface area contributed by atoms with Crippen LogP contribution in [0.15, 0.2) is 42.7 Å². The molecule has 2 aromatic rings. The minimum Gasteiger partial charge on any atom is -0.352 e. The Labute approximate surface area is 131 Å². The molecule has 1 atom stereocenters. The molecule has 21 heavy (non-hydrogen) atoms. The minimum absolute atomic E-state index is 0.474. The number of halogens is 1. The fourth-order valence-electron chi connectivity index (χ4n) is 3.09. The summed E-state index contributed by atoms with van der Waals surface area (Å²) in [5.41, 5.74) is 1.42. The van der Waals surface area contributed by atoms with Crippen molar-refractivity contribution in [1.82, 2.24) is 9.97 Å². The second kappa shape index (κ2) is 6.90. The molecule has 3 nitrogen and oxygen atoms in total. The number of rotatable bonds is 5. The lowest BCUT2D eigenvalue weighted by Crippen LogP contribution is -2.30. The fraction of sp³-hybridized carbons (Fsp3) is 0.412. The van der Waals surface area contributed by atoms with Crippen molar-refractivity contribution in [2.75, 3.05) is 11.4 Å². The first-order valence-corrected chi connectivity index (χ1v) is 7.99. The molecule has 110 valence electrons. The molecule has 3 rings (SSSR count). The van der Waals surface area contributed by atoms with Crippen molar-refractivity contribution in [2.45, 2.75) is 38.1 Å². The topological polar surface area (TPSA) is 29.0 Å². The maximum absolute atomic E-state index is 5.96. The zero-order valence-corrected chi connectivity index (χ0v) is 12.8. The van der Waals surface area contributed by atoms with Crippen LogP contribution in [0.2, 0.25) is 5.15 Å². The predicted molar refractivity (Wildman–Crippen MR) is 86.8 cm³/mol. The SMILES string of the molecule is Clc1cncc(N2CCCC2CCCc2ccccc2)n1. The molecule has 0 aliphatic carbocycles. The lowest BCUT2D eigenvalue weighted by molar-refractivity contribution is 0.576. The van der Waals surface area contributed by atoms with Crippen LogP contribution in [0, 0.1) is 0 Å². The van der Waals surface area contributed by atoms with E-state index in [1.165, 1.54) is 31.2 Å². The van der Waals surface area contributed by atoms with Crippen molar-refractivity contribution in [3.63, 3.8) is 0 Å². The van der Waals surface area contributed by atoms with Gasteiger partial charge in [-0.05, 0) is 37.7 Å². The number of anilines is 1. The number of hydrogen-bond acceptors (Lipinski definition) is 3. The van der Waals surface area contributed by atoms with Gasteiger partial charge in [-0.3, -0.25) is 4.98 Å². The summed E-state index contributed by atoms with van der Waals surface area (Å²) in [6, 6.07) is 11.3. The van der Waals surface area contributed by atoms with Crippen molar-refractivity contribution in [1.29, 1.82) is 0 Å². The normalized spacial score (nSPS) is 18.1. The quantitative estimate of drug-likeness (QED) is 0.832. The van der Waals surface area contributed by atoms with Gasteiger partial charge in [0.25, 0.3) is 0 Å². The molecule has 1 aromatic heterocycles. The number of benzene rings is 1. The van der Waals surface area contributed by atoms with Gasteiger partial charge in [-0.2, -0.15) is 0 Å². The molecule has 4 heteroatoms. The molecule has 0 saturated carbocycles. The Morgan fingerprint density at radius 2 is 2.05 bits per heavy atom. The highest BCUT2D eigenvalue weighted by atomic mass is 35.5. The van der Waals surface area contributed by atoms with Crippen LogP contribution >= 0.6 is 11.6 Å². The van der Waals surface area contributed by atoms with Gasteiger partial charge in [0.2, 0.25) is 0 Å². The van der Waals surface area contributed by atoms with E-state index in [2.05, 4.69) is 45.2 Å². The summed E-state index contributed by atoms with van der Waals surface area (Å²) in [6.07, 6.45) is 9.43. The Morgan fingerprint density at radius 3 is 2.86 bits per heavy atom. The molecule has 0 bridgehead atoms. The van der Waals surface area contributed by atoms with E-state index in [-0.39, 0.29) is 0 Å². The van der Waals surface area contributed by atoms with Crippen LogP contribution in [0.1, 0.15) is 31.2 Å². The van der Waals surface area contributed by atoms with Crippen LogP contribution in [0.25, 0.3) is 0 Å². The smallest absolute Gasteiger partial charge is 0.149 e. The molecule has 1 unspecified atom stereocenters. The maximum Gasteiger partial charge on any atom is 0.149 e. The summed E-state index contributed by atoms with van der Waals surface area (Å²) in [5, 5.41) is 0.474. The van der Waals surface area contributed by atoms with Crippen LogP contribution in [0.3, 0.4) is 0 Å². The molecule has 0 amide bonds. The third-order valence-corrected chi connectivity index (χ3v) is 4.29. The van der Waals surface area contributed by atoms with Crippen molar-refractivity contribution in [3.8, 4) is 0 Å². The molecule has 0 N–H and O–H groups in total. The second-order valence-corrected chi connectivity index (χ2v) is 5.95. The van der Waals surface area contributed by atoms with E-state index in [9.17, 15) is 0 Å². The van der Waals surface area contributed by atoms with Crippen molar-refractivity contribution in [3.05, 3.63) is 53.4 Å². The lowest BCUT2D eigenvalue weighted by atomic mass is 10.0. The number of aryl methyl sites for hydroxylation is 1. The Hall–Kier alpha value is -1.61. The minimum atomic E-state index is 0.474. The standard InChI is InChI=1S/C17H20ClN3/c18-16-12-19-13-17(20-16)21-11-5-10-15(21)9-4-8-14-6-2-1-3-7-14/h1-3,6-7,12-13,15H,4-5,8-11H2. The molecule has 1 fully saturated rings. The van der Waals surface area contributed by atoms with Crippen LogP contribution < -0.4 is 4.90 Å². The maximum atomic E-state index is 5.96. The van der Waals surface area contributed by atoms with Crippen LogP contribution in [-0.2, 0) is 6.42 Å². The van der Waals surface area contributed by atoms with Gasteiger partial charge in [-0.15, -0.1) is 0 Å². The highest BCUT2D eigenvalue weighted by Crippen LogP contribution is 2.27. The molecular weight excluding hydrogens is 282 g/mol. The van der Waals surface area contributed by atoms with Crippen molar-refractivity contribution >= 4 is 17.4 Å². The van der Waals surface area contributed by atoms with Gasteiger partial charge >= 0.3 is 0 Å². The van der Waals surface area contributed by atoms with Gasteiger partial charge in [-0.25, -0.2) is 4.98 Å². The van der Waals surface area contributed by atoms with Gasteiger partial charge in [0.1, 0.15) is 11.0 Å². The summed E-state index contributed by atoms with van der Waals surface area (Å²) in [4.78, 5) is 10.9. The van der Waals surface area contributed by atoms with E-state index in [4.69, 9.17) is 11.6 Å². The first-order valence-electron chi connectivity index (χ1n) is 7.61. The van der Waals surface area contributed by atoms with Crippen LogP contribution in [-0.4, -0.2) is 22.6 Å². The molecule has 1 aromatic carbocycles. The molecule has 1 saturated heterocycles. The molecule has 0 radical (unpaired) electrons. The van der Waals surface area contributed by atoms with E-state index >= 15 is 0 Å². The zero-order valence-electron chi connectivity index (χ0n) is 12.1. The third kappa shape index (κ3) is 3.73. The molecule has 2 heterocycles. The predicted octanol–water partition coefficient (Wildman–Crippen LogP) is 4.12. The van der Waals surface area contributed by atoms with E-state index < -0.39 is 0 Å². The first-order chi connectivity index (χ1) is 10.3. The Balaban J connectivity index is 1.57. The summed E-state index contributed by atoms with van der Waals surface area (Å²) in [5.74, 6) is 0.921. The summed E-state index contributed by atoms with van der Waals surface area (Å²) in [7, 11) is 0. The summed E-state index contributed by atoms with van der Waals surface area (Å²) >= 11 is 5.96. The fourth-order valence-corrected chi connectivity index (χ4v) is 3.24. The monoisotopic (exact) mass is 301 g/mol. The molecule has 0 spiro atoms. The van der Waals surface area contributed by atoms with Gasteiger partial charge in [0, 0.05) is 12.6 Å². The highest BCUT2D eigenvalue weighted by Gasteiger charge is 2.25. The zero-order chi connectivity index (χ0) is 14.5. The van der Waals surface area contributed by atoms with Gasteiger partial charge in [0.15, 0.2) is 0 Å². The Morgan fingerprint density at radius 1 is 1.19 bits per heavy atom. The van der Waals surface area contributed by atoms with Gasteiger partial charge in [0.05, 0.1) is 12.4 Å². The third-order valence-electron chi connectivity index (χ3n) is 4.11. The van der Waals surface area contributed by atoms with Gasteiger partial charge in [-0.1, -0.05) is 41.9 Å². The average molecular weight is 302 g/mol. The van der Waals surface area contributed by atoms with E-state index in [1.54, 1.807) is 6.20 Å². The Bertz CT molecular complexity index is 573. The summed E-state index contributed by atoms with van der Waals surface area (Å²) < 4.78 is 0. The number of nitrogens with zero attached hydrogens (tertiary/aromatic N) is 3. The first kappa shape index (κ1) is 14.3. The Kier molecular flexibility index (Phi) is 4.71. The summed E-state index contributed by atoms with van der Waals surface area (Å²) in [6.45, 7) is 1.06. The molecular formula is C17H20ClN3. The van der Waals surface area contributed by atoms with Crippen molar-refractivity contribution in [2.24, 2.45) is 0 Å². The average Bonchev–Trinajstić information content (AvgIpc) is 2.97. The second-order valence-electron chi connectivity index (χ2n) is 5.57. The van der Waals surface area contributed by atoms with Crippen LogP contribution in [0.4, 0.5) is 5.82 Å². The lowest BCUT2D eigenvalue weighted by Gasteiger charge is -2.25. The van der Waals surface area contributed by atoms with E-state index in [0.717, 1.165) is 18.8 Å². The number of aromatic nitrogens is 2. The largest absolute Gasteiger partial charge is 0.352 e. The number of hydrogen-bond donors (Lipinski definition) is 0. The molecule has 1 aliphatic heterocycles. The van der Waals surface area contributed by atoms with Crippen molar-refractivity contribution < 1.29 is 0 Å². The van der Waals surface area contributed by atoms with E-state index in [1.807, 2.05) is 6.20 Å².